The highest BCUT2D eigenvalue weighted by atomic mass is 32.1. The molecule has 6 aromatic carbocycles. The van der Waals surface area contributed by atoms with E-state index >= 15 is 0 Å². The average molecular weight is 863 g/mol. The maximum absolute atomic E-state index is 6.37. The number of benzene rings is 6. The van der Waals surface area contributed by atoms with Crippen LogP contribution in [0.5, 0.6) is 5.75 Å². The van der Waals surface area contributed by atoms with Crippen molar-refractivity contribution < 1.29 is 4.74 Å². The largest absolute Gasteiger partial charge is 0.497 e. The van der Waals surface area contributed by atoms with Crippen LogP contribution in [0.4, 0.5) is 34.1 Å². The third-order valence-corrected chi connectivity index (χ3v) is 15.9. The van der Waals surface area contributed by atoms with Gasteiger partial charge >= 0.3 is 0 Å². The molecule has 63 heavy (non-hydrogen) atoms. The molecule has 6 heteroatoms. The van der Waals surface area contributed by atoms with Gasteiger partial charge in [0, 0.05) is 64.5 Å². The molecule has 0 amide bonds. The van der Waals surface area contributed by atoms with E-state index in [-0.39, 0.29) is 28.4 Å². The van der Waals surface area contributed by atoms with Crippen LogP contribution in [0.1, 0.15) is 105 Å². The summed E-state index contributed by atoms with van der Waals surface area (Å²) in [7, 11) is 1.82. The molecule has 0 unspecified atom stereocenters. The number of fused-ring (bicyclic) bond motifs is 8. The molecule has 0 radical (unpaired) electrons. The first-order chi connectivity index (χ1) is 29.8. The van der Waals surface area contributed by atoms with Gasteiger partial charge in [-0.15, -0.1) is 22.7 Å². The first-order valence-corrected chi connectivity index (χ1v) is 24.1. The van der Waals surface area contributed by atoms with E-state index in [0.29, 0.717) is 0 Å². The predicted octanol–water partition coefficient (Wildman–Crippen LogP) is 15.1. The summed E-state index contributed by atoms with van der Waals surface area (Å²) in [4.78, 5) is 5.17. The summed E-state index contributed by atoms with van der Waals surface area (Å²) in [6, 6.07) is 46.2. The Kier molecular flexibility index (Phi) is 9.50. The van der Waals surface area contributed by atoms with Crippen molar-refractivity contribution in [1.82, 2.24) is 0 Å². The Bertz CT molecular complexity index is 3090. The molecule has 8 aromatic rings. The molecule has 0 aliphatic carbocycles. The van der Waals surface area contributed by atoms with Crippen molar-refractivity contribution in [1.29, 1.82) is 0 Å². The van der Waals surface area contributed by atoms with Crippen molar-refractivity contribution in [3.63, 3.8) is 0 Å². The lowest BCUT2D eigenvalue weighted by atomic mass is 9.39. The van der Waals surface area contributed by atoms with Crippen LogP contribution < -0.4 is 29.6 Å². The molecule has 318 valence electrons. The normalized spacial score (nSPS) is 14.0. The maximum atomic E-state index is 6.37. The Morgan fingerprint density at radius 2 is 0.952 bits per heavy atom. The highest BCUT2D eigenvalue weighted by molar-refractivity contribution is 7.41. The zero-order valence-corrected chi connectivity index (χ0v) is 40.9. The lowest BCUT2D eigenvalue weighted by molar-refractivity contribution is 0.415. The molecular weight excluding hydrogens is 804 g/mol. The number of hydrogen-bond donors (Lipinski definition) is 0. The maximum Gasteiger partial charge on any atom is 0.277 e. The number of hydrogen-bond acceptors (Lipinski definition) is 5. The smallest absolute Gasteiger partial charge is 0.277 e. The topological polar surface area (TPSA) is 15.7 Å². The van der Waals surface area contributed by atoms with Crippen molar-refractivity contribution in [3.05, 3.63) is 144 Å². The fourth-order valence-electron chi connectivity index (χ4n) is 9.98. The molecule has 0 atom stereocenters. The summed E-state index contributed by atoms with van der Waals surface area (Å²) in [5.41, 5.74) is 16.4. The summed E-state index contributed by atoms with van der Waals surface area (Å²) < 4.78 is 11.9. The van der Waals surface area contributed by atoms with Gasteiger partial charge in [0.15, 0.2) is 0 Å². The third kappa shape index (κ3) is 6.65. The summed E-state index contributed by atoms with van der Waals surface area (Å²) in [6.07, 6.45) is 0. The number of thiophene rings is 2. The van der Waals surface area contributed by atoms with Gasteiger partial charge in [-0.25, -0.2) is 0 Å². The van der Waals surface area contributed by atoms with Gasteiger partial charge < -0.3 is 14.5 Å². The van der Waals surface area contributed by atoms with Crippen LogP contribution in [-0.4, -0.2) is 13.8 Å². The summed E-state index contributed by atoms with van der Waals surface area (Å²) in [5.74, 6) is 0.840. The second-order valence-corrected chi connectivity index (χ2v) is 23.9. The predicted molar refractivity (Wildman–Crippen MR) is 278 cm³/mol. The third-order valence-electron chi connectivity index (χ3n) is 13.3. The van der Waals surface area contributed by atoms with Gasteiger partial charge in [-0.3, -0.25) is 0 Å². The van der Waals surface area contributed by atoms with Crippen LogP contribution in [0.15, 0.2) is 121 Å². The number of anilines is 6. The molecule has 2 aliphatic heterocycles. The zero-order chi connectivity index (χ0) is 44.5. The summed E-state index contributed by atoms with van der Waals surface area (Å²) in [5, 5.41) is 2.61. The highest BCUT2D eigenvalue weighted by Crippen LogP contribution is 2.54. The second-order valence-electron chi connectivity index (χ2n) is 21.8. The van der Waals surface area contributed by atoms with Gasteiger partial charge in [-0.2, -0.15) is 0 Å². The molecule has 0 saturated heterocycles. The van der Waals surface area contributed by atoms with E-state index in [1.54, 1.807) is 0 Å². The Balaban J connectivity index is 1.35. The minimum absolute atomic E-state index is 0.0147. The van der Waals surface area contributed by atoms with Gasteiger partial charge in [0.05, 0.1) is 24.2 Å². The lowest BCUT2D eigenvalue weighted by Gasteiger charge is -2.42. The molecule has 0 N–H and O–H groups in total. The van der Waals surface area contributed by atoms with Crippen molar-refractivity contribution in [2.24, 2.45) is 0 Å². The van der Waals surface area contributed by atoms with Crippen LogP contribution in [0.3, 0.4) is 0 Å². The highest BCUT2D eigenvalue weighted by Gasteiger charge is 2.48. The zero-order valence-electron chi connectivity index (χ0n) is 39.2. The second kappa shape index (κ2) is 14.4. The van der Waals surface area contributed by atoms with Crippen LogP contribution in [0.2, 0.25) is 0 Å². The Hall–Kier alpha value is -5.30. The van der Waals surface area contributed by atoms with Crippen molar-refractivity contribution >= 4 is 98.7 Å². The fraction of sp³-hybridized carbons (Fsp3) is 0.298. The van der Waals surface area contributed by atoms with Gasteiger partial charge in [0.2, 0.25) is 0 Å². The molecule has 0 spiro atoms. The Labute approximate surface area is 383 Å². The van der Waals surface area contributed by atoms with E-state index in [1.165, 1.54) is 85.6 Å². The lowest BCUT2D eigenvalue weighted by Crippen LogP contribution is -2.59. The van der Waals surface area contributed by atoms with Gasteiger partial charge in [0.25, 0.3) is 6.71 Å². The molecule has 4 heterocycles. The van der Waals surface area contributed by atoms with E-state index in [4.69, 9.17) is 4.74 Å². The van der Waals surface area contributed by atoms with Gasteiger partial charge in [-0.1, -0.05) is 174 Å². The number of methoxy groups -OCH3 is 1. The average Bonchev–Trinajstić information content (AvgIpc) is 3.81. The molecule has 10 rings (SSSR count). The van der Waals surface area contributed by atoms with E-state index < -0.39 is 0 Å². The van der Waals surface area contributed by atoms with Crippen LogP contribution in [0.25, 0.3) is 31.3 Å². The number of nitrogens with zero attached hydrogens (tertiary/aromatic N) is 2. The van der Waals surface area contributed by atoms with Gasteiger partial charge in [0.1, 0.15) is 5.75 Å². The SMILES string of the molecule is COc1cc2c3c(c1)N(c1ccccc1-c1ccc(C(C)(C)C)cc1)c1c(sc4c(C(C)(C)C)cccc14)B3c1sc3c(C(C)(C)C)cccc3c1N2c1ccc(C(C)(C)C)cc1. The van der Waals surface area contributed by atoms with E-state index in [2.05, 4.69) is 214 Å². The first kappa shape index (κ1) is 41.7. The first-order valence-electron chi connectivity index (χ1n) is 22.5. The quantitative estimate of drug-likeness (QED) is 0.164. The monoisotopic (exact) mass is 862 g/mol. The Morgan fingerprint density at radius 1 is 0.476 bits per heavy atom. The van der Waals surface area contributed by atoms with Crippen LogP contribution in [0, 0.1) is 0 Å². The van der Waals surface area contributed by atoms with Crippen molar-refractivity contribution in [2.45, 2.75) is 105 Å². The van der Waals surface area contributed by atoms with E-state index in [9.17, 15) is 0 Å². The molecular formula is C57H59BN2OS2. The van der Waals surface area contributed by atoms with Crippen molar-refractivity contribution in [2.75, 3.05) is 16.9 Å². The molecule has 2 aliphatic rings. The molecule has 0 bridgehead atoms. The van der Waals surface area contributed by atoms with Crippen LogP contribution >= 0.6 is 22.7 Å². The van der Waals surface area contributed by atoms with E-state index in [0.717, 1.165) is 22.8 Å². The van der Waals surface area contributed by atoms with E-state index in [1.807, 2.05) is 29.8 Å². The van der Waals surface area contributed by atoms with Crippen LogP contribution in [-0.2, 0) is 21.7 Å². The fourth-order valence-corrected chi connectivity index (χ4v) is 13.3. The number of ether oxygens (including phenoxy) is 1. The standard InChI is InChI=1S/C57H59BN2OS2/c1-54(2,3)35-26-24-34(25-27-35)39-18-14-15-23-44(39)60-46-33-38(61-13)32-45-47(46)58(53-49(60)41-20-17-22-43(51(41)63-53)57(10,11)12)52-48(40-19-16-21-42(50(40)62-52)56(7,8)9)59(45)37-30-28-36(29-31-37)55(4,5)6/h14-33H,1-13H3. The minimum Gasteiger partial charge on any atom is -0.497 e. The molecule has 0 saturated carbocycles. The number of rotatable bonds is 4. The summed E-state index contributed by atoms with van der Waals surface area (Å²) >= 11 is 4.01. The molecule has 3 nitrogen and oxygen atoms in total. The molecule has 2 aromatic heterocycles. The number of para-hydroxylation sites is 1. The molecule has 0 fully saturated rings. The van der Waals surface area contributed by atoms with Crippen molar-refractivity contribution in [3.8, 4) is 16.9 Å². The minimum atomic E-state index is -0.0430. The summed E-state index contributed by atoms with van der Waals surface area (Å²) in [6.45, 7) is 27.9. The Morgan fingerprint density at radius 3 is 1.44 bits per heavy atom. The van der Waals surface area contributed by atoms with Gasteiger partial charge in [-0.05, 0) is 73.1 Å².